The molecule has 0 amide bonds. The Bertz CT molecular complexity index is 144. The highest BCUT2D eigenvalue weighted by molar-refractivity contribution is 4.96. The lowest BCUT2D eigenvalue weighted by atomic mass is 10.00. The summed E-state index contributed by atoms with van der Waals surface area (Å²) >= 11 is 0. The third-order valence-corrected chi connectivity index (χ3v) is 2.04. The summed E-state index contributed by atoms with van der Waals surface area (Å²) in [6.45, 7) is 1.78. The van der Waals surface area contributed by atoms with E-state index in [0.717, 1.165) is 19.5 Å². The van der Waals surface area contributed by atoms with Gasteiger partial charge in [-0.2, -0.15) is 5.26 Å². The van der Waals surface area contributed by atoms with Gasteiger partial charge in [0.2, 0.25) is 0 Å². The highest BCUT2D eigenvalue weighted by Gasteiger charge is 2.33. The maximum atomic E-state index is 8.47. The van der Waals surface area contributed by atoms with E-state index in [9.17, 15) is 0 Å². The molecule has 1 saturated heterocycles. The van der Waals surface area contributed by atoms with Crippen LogP contribution in [0.1, 0.15) is 12.8 Å². The van der Waals surface area contributed by atoms with Gasteiger partial charge in [0, 0.05) is 13.7 Å². The van der Waals surface area contributed by atoms with Crippen LogP contribution in [0, 0.1) is 11.3 Å². The fourth-order valence-electron chi connectivity index (χ4n) is 1.26. The number of hydrogen-bond acceptors (Lipinski definition) is 3. The van der Waals surface area contributed by atoms with Gasteiger partial charge in [-0.15, -0.1) is 0 Å². The van der Waals surface area contributed by atoms with Gasteiger partial charge in [0.05, 0.1) is 18.1 Å². The average molecular weight is 140 g/mol. The van der Waals surface area contributed by atoms with E-state index in [1.54, 1.807) is 7.11 Å². The van der Waals surface area contributed by atoms with Crippen molar-refractivity contribution < 1.29 is 4.74 Å². The van der Waals surface area contributed by atoms with Crippen molar-refractivity contribution >= 4 is 0 Å². The summed E-state index contributed by atoms with van der Waals surface area (Å²) < 4.78 is 5.25. The van der Waals surface area contributed by atoms with Crippen molar-refractivity contribution in [1.82, 2.24) is 5.32 Å². The third-order valence-electron chi connectivity index (χ3n) is 2.04. The molecular formula is C7H12N2O. The molecule has 1 atom stereocenters. The van der Waals surface area contributed by atoms with Crippen molar-refractivity contribution in [3.63, 3.8) is 0 Å². The highest BCUT2D eigenvalue weighted by atomic mass is 16.5. The first-order valence-corrected chi connectivity index (χ1v) is 3.46. The van der Waals surface area contributed by atoms with E-state index < -0.39 is 0 Å². The van der Waals surface area contributed by atoms with E-state index in [2.05, 4.69) is 11.4 Å². The van der Waals surface area contributed by atoms with Gasteiger partial charge in [0.25, 0.3) is 0 Å². The molecule has 1 aliphatic heterocycles. The second kappa shape index (κ2) is 3.00. The maximum absolute atomic E-state index is 8.47. The summed E-state index contributed by atoms with van der Waals surface area (Å²) in [5.41, 5.74) is -0.186. The van der Waals surface area contributed by atoms with Gasteiger partial charge < -0.3 is 10.1 Å². The van der Waals surface area contributed by atoms with Crippen LogP contribution in [-0.2, 0) is 4.74 Å². The molecule has 0 saturated carbocycles. The van der Waals surface area contributed by atoms with Gasteiger partial charge in [-0.05, 0) is 13.0 Å². The molecule has 1 aliphatic rings. The summed E-state index contributed by atoms with van der Waals surface area (Å²) in [5.74, 6) is 0. The lowest BCUT2D eigenvalue weighted by molar-refractivity contribution is 0.0115. The molecule has 0 aromatic rings. The predicted octanol–water partition coefficient (Wildman–Crippen LogP) is 0.279. The van der Waals surface area contributed by atoms with Crippen molar-refractivity contribution in [2.45, 2.75) is 18.4 Å². The van der Waals surface area contributed by atoms with E-state index in [4.69, 9.17) is 10.00 Å². The van der Waals surface area contributed by atoms with Gasteiger partial charge in [-0.1, -0.05) is 0 Å². The van der Waals surface area contributed by atoms with Gasteiger partial charge in [0.1, 0.15) is 0 Å². The molecule has 56 valence electrons. The van der Waals surface area contributed by atoms with Crippen molar-refractivity contribution in [3.05, 3.63) is 0 Å². The summed E-state index contributed by atoms with van der Waals surface area (Å²) in [6, 6.07) is 2.14. The Hall–Kier alpha value is -0.590. The summed E-state index contributed by atoms with van der Waals surface area (Å²) in [7, 11) is 1.67. The third kappa shape index (κ3) is 1.28. The number of rotatable bonds is 2. The second-order valence-electron chi connectivity index (χ2n) is 2.65. The molecule has 3 heteroatoms. The van der Waals surface area contributed by atoms with Gasteiger partial charge in [0.15, 0.2) is 0 Å². The van der Waals surface area contributed by atoms with Crippen LogP contribution >= 0.6 is 0 Å². The molecule has 0 aliphatic carbocycles. The van der Waals surface area contributed by atoms with Crippen LogP contribution < -0.4 is 5.32 Å². The lowest BCUT2D eigenvalue weighted by Crippen LogP contribution is -2.33. The minimum absolute atomic E-state index is 0.186. The SMILES string of the molecule is COC1(CC#N)CCNC1. The quantitative estimate of drug-likeness (QED) is 0.599. The van der Waals surface area contributed by atoms with Crippen molar-refractivity contribution in [3.8, 4) is 6.07 Å². The molecule has 0 bridgehead atoms. The molecule has 1 unspecified atom stereocenters. The Morgan fingerprint density at radius 3 is 3.00 bits per heavy atom. The molecule has 0 aromatic carbocycles. The predicted molar refractivity (Wildman–Crippen MR) is 37.5 cm³/mol. The van der Waals surface area contributed by atoms with Gasteiger partial charge >= 0.3 is 0 Å². The van der Waals surface area contributed by atoms with E-state index in [0.29, 0.717) is 6.42 Å². The monoisotopic (exact) mass is 140 g/mol. The molecule has 1 heterocycles. The molecular weight excluding hydrogens is 128 g/mol. The van der Waals surface area contributed by atoms with Gasteiger partial charge in [-0.25, -0.2) is 0 Å². The van der Waals surface area contributed by atoms with Crippen molar-refractivity contribution in [2.75, 3.05) is 20.2 Å². The minimum atomic E-state index is -0.186. The smallest absolute Gasteiger partial charge is 0.0943 e. The topological polar surface area (TPSA) is 45.0 Å². The maximum Gasteiger partial charge on any atom is 0.0943 e. The summed E-state index contributed by atoms with van der Waals surface area (Å²) in [6.07, 6.45) is 1.45. The van der Waals surface area contributed by atoms with Crippen molar-refractivity contribution in [1.29, 1.82) is 5.26 Å². The van der Waals surface area contributed by atoms with Crippen LogP contribution in [0.25, 0.3) is 0 Å². The summed E-state index contributed by atoms with van der Waals surface area (Å²) in [4.78, 5) is 0. The van der Waals surface area contributed by atoms with E-state index in [-0.39, 0.29) is 5.60 Å². The molecule has 1 fully saturated rings. The molecule has 0 spiro atoms. The normalized spacial score (nSPS) is 32.0. The number of nitrogens with one attached hydrogen (secondary N) is 1. The lowest BCUT2D eigenvalue weighted by Gasteiger charge is -2.22. The van der Waals surface area contributed by atoms with Crippen molar-refractivity contribution in [2.24, 2.45) is 0 Å². The zero-order chi connectivity index (χ0) is 7.45. The number of ether oxygens (including phenoxy) is 1. The molecule has 1 rings (SSSR count). The second-order valence-corrected chi connectivity index (χ2v) is 2.65. The molecule has 10 heavy (non-hydrogen) atoms. The van der Waals surface area contributed by atoms with E-state index in [1.165, 1.54) is 0 Å². The Kier molecular flexibility index (Phi) is 2.25. The Balaban J connectivity index is 2.51. The Morgan fingerprint density at radius 2 is 2.60 bits per heavy atom. The van der Waals surface area contributed by atoms with Crippen LogP contribution in [0.2, 0.25) is 0 Å². The number of hydrogen-bond donors (Lipinski definition) is 1. The van der Waals surface area contributed by atoms with E-state index in [1.807, 2.05) is 0 Å². The number of methoxy groups -OCH3 is 1. The number of nitriles is 1. The molecule has 0 radical (unpaired) electrons. The average Bonchev–Trinajstić information content (AvgIpc) is 2.39. The minimum Gasteiger partial charge on any atom is -0.376 e. The van der Waals surface area contributed by atoms with Crippen LogP contribution in [0.15, 0.2) is 0 Å². The van der Waals surface area contributed by atoms with Crippen LogP contribution in [-0.4, -0.2) is 25.8 Å². The van der Waals surface area contributed by atoms with Crippen LogP contribution in [0.5, 0.6) is 0 Å². The Labute approximate surface area is 61.0 Å². The fourth-order valence-corrected chi connectivity index (χ4v) is 1.26. The molecule has 1 N–H and O–H groups in total. The zero-order valence-corrected chi connectivity index (χ0v) is 6.18. The molecule has 3 nitrogen and oxygen atoms in total. The zero-order valence-electron chi connectivity index (χ0n) is 6.18. The van der Waals surface area contributed by atoms with E-state index >= 15 is 0 Å². The van der Waals surface area contributed by atoms with Gasteiger partial charge in [-0.3, -0.25) is 0 Å². The largest absolute Gasteiger partial charge is 0.376 e. The standard InChI is InChI=1S/C7H12N2O/c1-10-7(2-4-8)3-5-9-6-7/h9H,2-3,5-6H2,1H3. The summed E-state index contributed by atoms with van der Waals surface area (Å²) in [5, 5.41) is 11.6. The first kappa shape index (κ1) is 7.52. The molecule has 0 aromatic heterocycles. The number of nitrogens with zero attached hydrogens (tertiary/aromatic N) is 1. The first-order valence-electron chi connectivity index (χ1n) is 3.46. The van der Waals surface area contributed by atoms with Crippen LogP contribution in [0.3, 0.4) is 0 Å². The van der Waals surface area contributed by atoms with Crippen LogP contribution in [0.4, 0.5) is 0 Å². The fraction of sp³-hybridized carbons (Fsp3) is 0.857. The first-order chi connectivity index (χ1) is 4.83. The highest BCUT2D eigenvalue weighted by Crippen LogP contribution is 2.21. The Morgan fingerprint density at radius 1 is 1.80 bits per heavy atom.